The molecule has 1 unspecified atom stereocenters. The van der Waals surface area contributed by atoms with Crippen LogP contribution in [0.1, 0.15) is 28.3 Å². The fraction of sp³-hybridized carbons (Fsp3) is 0.241. The number of Topliss-reactive ketones (excluding diaryl/α,β-unsaturated/α-hetero) is 1. The second kappa shape index (κ2) is 10.7. The lowest BCUT2D eigenvalue weighted by Gasteiger charge is -2.26. The number of rotatable bonds is 8. The van der Waals surface area contributed by atoms with Gasteiger partial charge in [0.2, 0.25) is 0 Å². The molecule has 37 heavy (non-hydrogen) atoms. The van der Waals surface area contributed by atoms with Gasteiger partial charge in [0, 0.05) is 6.54 Å². The van der Waals surface area contributed by atoms with Crippen LogP contribution in [0.2, 0.25) is 0 Å². The first-order valence-corrected chi connectivity index (χ1v) is 11.6. The Balaban J connectivity index is 1.88. The Hall–Kier alpha value is -4.46. The van der Waals surface area contributed by atoms with E-state index in [1.54, 1.807) is 68.8 Å². The molecule has 8 heteroatoms. The van der Waals surface area contributed by atoms with Gasteiger partial charge >= 0.3 is 0 Å². The van der Waals surface area contributed by atoms with E-state index in [2.05, 4.69) is 0 Å². The third kappa shape index (κ3) is 4.82. The maximum atomic E-state index is 13.4. The smallest absolute Gasteiger partial charge is 0.295 e. The molecule has 192 valence electrons. The van der Waals surface area contributed by atoms with Crippen molar-refractivity contribution in [3.63, 3.8) is 0 Å². The first-order chi connectivity index (χ1) is 17.8. The van der Waals surface area contributed by atoms with Crippen LogP contribution in [0, 0.1) is 6.92 Å². The molecule has 0 saturated carbocycles. The average molecular weight is 504 g/mol. The van der Waals surface area contributed by atoms with Gasteiger partial charge in [0.25, 0.3) is 11.7 Å². The summed E-state index contributed by atoms with van der Waals surface area (Å²) in [5, 5.41) is 11.5. The van der Waals surface area contributed by atoms with Crippen LogP contribution >= 0.6 is 0 Å². The highest BCUT2D eigenvalue weighted by atomic mass is 16.5. The highest BCUT2D eigenvalue weighted by Gasteiger charge is 2.46. The number of methoxy groups -OCH3 is 4. The number of hydrogen-bond acceptors (Lipinski definition) is 7. The van der Waals surface area contributed by atoms with E-state index in [1.807, 2.05) is 13.0 Å². The quantitative estimate of drug-likeness (QED) is 0.272. The first-order valence-electron chi connectivity index (χ1n) is 11.6. The Bertz CT molecular complexity index is 1360. The molecule has 0 spiro atoms. The standard InChI is InChI=1S/C29H29NO7/c1-17-6-12-22(35-3)21(14-17)27(31)25-26(19-8-10-20(34-2)11-9-19)30(29(33)28(25)32)16-18-7-13-23(36-4)24(15-18)37-5/h6-15,26,31H,16H2,1-5H3/b27-25+. The molecular weight excluding hydrogens is 474 g/mol. The fourth-order valence-electron chi connectivity index (χ4n) is 4.50. The van der Waals surface area contributed by atoms with Crippen LogP contribution < -0.4 is 18.9 Å². The molecule has 0 aliphatic carbocycles. The van der Waals surface area contributed by atoms with Gasteiger partial charge in [-0.05, 0) is 54.4 Å². The summed E-state index contributed by atoms with van der Waals surface area (Å²) < 4.78 is 21.4. The third-order valence-corrected chi connectivity index (χ3v) is 6.38. The summed E-state index contributed by atoms with van der Waals surface area (Å²) in [5.74, 6) is 0.276. The lowest BCUT2D eigenvalue weighted by atomic mass is 9.94. The largest absolute Gasteiger partial charge is 0.507 e. The minimum Gasteiger partial charge on any atom is -0.507 e. The van der Waals surface area contributed by atoms with Crippen molar-refractivity contribution in [2.24, 2.45) is 0 Å². The van der Waals surface area contributed by atoms with Crippen LogP contribution in [-0.4, -0.2) is 50.1 Å². The van der Waals surface area contributed by atoms with Gasteiger partial charge in [0.1, 0.15) is 17.3 Å². The van der Waals surface area contributed by atoms with E-state index in [1.165, 1.54) is 19.1 Å². The van der Waals surface area contributed by atoms with Gasteiger partial charge in [-0.1, -0.05) is 29.8 Å². The van der Waals surface area contributed by atoms with Crippen LogP contribution in [0.15, 0.2) is 66.2 Å². The summed E-state index contributed by atoms with van der Waals surface area (Å²) >= 11 is 0. The number of aliphatic hydroxyl groups is 1. The molecule has 1 N–H and O–H groups in total. The van der Waals surface area contributed by atoms with Gasteiger partial charge in [-0.25, -0.2) is 0 Å². The van der Waals surface area contributed by atoms with E-state index in [0.29, 0.717) is 34.1 Å². The molecule has 1 aliphatic heterocycles. The molecule has 3 aromatic rings. The molecule has 1 saturated heterocycles. The molecule has 0 radical (unpaired) electrons. The molecule has 1 fully saturated rings. The van der Waals surface area contributed by atoms with Gasteiger partial charge in [0.05, 0.1) is 45.6 Å². The number of ketones is 1. The van der Waals surface area contributed by atoms with Crippen molar-refractivity contribution < 1.29 is 33.6 Å². The van der Waals surface area contributed by atoms with E-state index in [-0.39, 0.29) is 17.9 Å². The maximum absolute atomic E-state index is 13.4. The zero-order chi connectivity index (χ0) is 26.7. The summed E-state index contributed by atoms with van der Waals surface area (Å²) in [7, 11) is 6.11. The lowest BCUT2D eigenvalue weighted by molar-refractivity contribution is -0.140. The molecule has 0 aromatic heterocycles. The Morgan fingerprint density at radius 3 is 2.08 bits per heavy atom. The van der Waals surface area contributed by atoms with Crippen molar-refractivity contribution in [1.82, 2.24) is 4.90 Å². The van der Waals surface area contributed by atoms with Crippen molar-refractivity contribution in [2.75, 3.05) is 28.4 Å². The zero-order valence-corrected chi connectivity index (χ0v) is 21.4. The van der Waals surface area contributed by atoms with Crippen molar-refractivity contribution in [2.45, 2.75) is 19.5 Å². The number of nitrogens with zero attached hydrogens (tertiary/aromatic N) is 1. The predicted molar refractivity (Wildman–Crippen MR) is 138 cm³/mol. The van der Waals surface area contributed by atoms with Crippen LogP contribution in [0.3, 0.4) is 0 Å². The number of ether oxygens (including phenoxy) is 4. The van der Waals surface area contributed by atoms with Crippen LogP contribution in [0.5, 0.6) is 23.0 Å². The van der Waals surface area contributed by atoms with Gasteiger partial charge in [-0.2, -0.15) is 0 Å². The molecule has 1 atom stereocenters. The number of carbonyl (C=O) groups excluding carboxylic acids is 2. The number of aliphatic hydroxyl groups excluding tert-OH is 1. The third-order valence-electron chi connectivity index (χ3n) is 6.38. The zero-order valence-electron chi connectivity index (χ0n) is 21.4. The molecular formula is C29H29NO7. The molecule has 1 aliphatic rings. The Morgan fingerprint density at radius 2 is 1.46 bits per heavy atom. The van der Waals surface area contributed by atoms with Crippen LogP contribution in [0.4, 0.5) is 0 Å². The molecule has 1 heterocycles. The van der Waals surface area contributed by atoms with Gasteiger partial charge in [0.15, 0.2) is 11.5 Å². The monoisotopic (exact) mass is 503 g/mol. The molecule has 4 rings (SSSR count). The average Bonchev–Trinajstić information content (AvgIpc) is 3.17. The minimum atomic E-state index is -0.843. The minimum absolute atomic E-state index is 0.0143. The van der Waals surface area contributed by atoms with Gasteiger partial charge < -0.3 is 29.0 Å². The van der Waals surface area contributed by atoms with Crippen molar-refractivity contribution in [1.29, 1.82) is 0 Å². The SMILES string of the molecule is COc1ccc(C2/C(=C(\O)c3cc(C)ccc3OC)C(=O)C(=O)N2Cc2ccc(OC)c(OC)c2)cc1. The highest BCUT2D eigenvalue weighted by molar-refractivity contribution is 6.46. The van der Waals surface area contributed by atoms with E-state index in [4.69, 9.17) is 18.9 Å². The van der Waals surface area contributed by atoms with E-state index >= 15 is 0 Å². The second-order valence-corrected chi connectivity index (χ2v) is 8.59. The first kappa shape index (κ1) is 25.6. The number of hydrogen-bond donors (Lipinski definition) is 1. The molecule has 3 aromatic carbocycles. The Labute approximate surface area is 215 Å². The number of amides is 1. The summed E-state index contributed by atoms with van der Waals surface area (Å²) in [6.45, 7) is 1.97. The number of likely N-dealkylation sites (tertiary alicyclic amines) is 1. The summed E-state index contributed by atoms with van der Waals surface area (Å²) in [5.41, 5.74) is 2.56. The summed E-state index contributed by atoms with van der Waals surface area (Å²) in [4.78, 5) is 28.2. The second-order valence-electron chi connectivity index (χ2n) is 8.59. The highest BCUT2D eigenvalue weighted by Crippen LogP contribution is 2.42. The van der Waals surface area contributed by atoms with E-state index < -0.39 is 17.7 Å². The maximum Gasteiger partial charge on any atom is 0.295 e. The van der Waals surface area contributed by atoms with E-state index in [0.717, 1.165) is 11.1 Å². The van der Waals surface area contributed by atoms with Crippen molar-refractivity contribution in [3.8, 4) is 23.0 Å². The number of carbonyl (C=O) groups is 2. The lowest BCUT2D eigenvalue weighted by Crippen LogP contribution is -2.29. The Morgan fingerprint density at radius 1 is 0.811 bits per heavy atom. The summed E-state index contributed by atoms with van der Waals surface area (Å²) in [6, 6.07) is 16.8. The summed E-state index contributed by atoms with van der Waals surface area (Å²) in [6.07, 6.45) is 0. The number of benzene rings is 3. The molecule has 1 amide bonds. The van der Waals surface area contributed by atoms with Gasteiger partial charge in [-0.15, -0.1) is 0 Å². The van der Waals surface area contributed by atoms with Crippen molar-refractivity contribution >= 4 is 17.4 Å². The molecule has 0 bridgehead atoms. The van der Waals surface area contributed by atoms with Crippen molar-refractivity contribution in [3.05, 3.63) is 88.5 Å². The molecule has 8 nitrogen and oxygen atoms in total. The normalized spacial score (nSPS) is 16.6. The van der Waals surface area contributed by atoms with Crippen LogP contribution in [0.25, 0.3) is 5.76 Å². The topological polar surface area (TPSA) is 94.5 Å². The van der Waals surface area contributed by atoms with Gasteiger partial charge in [-0.3, -0.25) is 9.59 Å². The predicted octanol–water partition coefficient (Wildman–Crippen LogP) is 4.65. The number of aryl methyl sites for hydroxylation is 1. The van der Waals surface area contributed by atoms with E-state index in [9.17, 15) is 14.7 Å². The fourth-order valence-corrected chi connectivity index (χ4v) is 4.50. The Kier molecular flexibility index (Phi) is 7.38. The van der Waals surface area contributed by atoms with Crippen LogP contribution in [-0.2, 0) is 16.1 Å².